The minimum absolute atomic E-state index is 0.125. The number of nitrogens with one attached hydrogen (secondary N) is 1. The number of carbonyl (C=O) groups is 1. The molecule has 0 bridgehead atoms. The second-order valence-corrected chi connectivity index (χ2v) is 10.2. The van der Waals surface area contributed by atoms with Crippen LogP contribution < -0.4 is 5.32 Å². The number of aryl methyl sites for hydroxylation is 3. The zero-order valence-electron chi connectivity index (χ0n) is 18.0. The number of sulfone groups is 1. The Bertz CT molecular complexity index is 1260. The predicted molar refractivity (Wildman–Crippen MR) is 120 cm³/mol. The molecular weight excluding hydrogens is 412 g/mol. The fraction of sp³-hybridized carbons (Fsp3) is 0.348. The number of hydrogen-bond donors (Lipinski definition) is 1. The molecule has 3 aromatic rings. The van der Waals surface area contributed by atoms with E-state index in [1.807, 2.05) is 25.1 Å². The molecule has 0 unspecified atom stereocenters. The van der Waals surface area contributed by atoms with Crippen molar-refractivity contribution >= 4 is 21.4 Å². The Hall–Kier alpha value is -3.00. The van der Waals surface area contributed by atoms with Crippen molar-refractivity contribution in [2.75, 3.05) is 11.6 Å². The van der Waals surface area contributed by atoms with Gasteiger partial charge in [-0.2, -0.15) is 0 Å². The summed E-state index contributed by atoms with van der Waals surface area (Å²) < 4.78 is 26.0. The van der Waals surface area contributed by atoms with Gasteiger partial charge < -0.3 is 9.88 Å². The van der Waals surface area contributed by atoms with Gasteiger partial charge in [-0.3, -0.25) is 4.79 Å². The predicted octanol–water partition coefficient (Wildman–Crippen LogP) is 3.94. The van der Waals surface area contributed by atoms with Crippen molar-refractivity contribution in [2.24, 2.45) is 0 Å². The lowest BCUT2D eigenvalue weighted by atomic mass is 10.1. The largest absolute Gasteiger partial charge is 0.322 e. The smallest absolute Gasteiger partial charge is 0.255 e. The van der Waals surface area contributed by atoms with Gasteiger partial charge in [0.05, 0.1) is 4.90 Å². The number of rotatable bonds is 4. The Morgan fingerprint density at radius 3 is 2.55 bits per heavy atom. The van der Waals surface area contributed by atoms with Crippen molar-refractivity contribution in [2.45, 2.75) is 51.0 Å². The summed E-state index contributed by atoms with van der Waals surface area (Å²) in [5.41, 5.74) is 3.51. The van der Waals surface area contributed by atoms with E-state index in [2.05, 4.69) is 20.1 Å². The maximum atomic E-state index is 13.0. The Balaban J connectivity index is 1.66. The number of fused-ring (bicyclic) bond motifs is 1. The SMILES string of the molecule is Cc1ccc(-c2nnc3n2CCCCC3)cc1NC(=O)c1cc(S(C)(=O)=O)ccc1C. The van der Waals surface area contributed by atoms with Crippen LogP contribution in [0, 0.1) is 13.8 Å². The van der Waals surface area contributed by atoms with Crippen LogP contribution in [-0.4, -0.2) is 35.3 Å². The maximum absolute atomic E-state index is 13.0. The minimum atomic E-state index is -3.40. The summed E-state index contributed by atoms with van der Waals surface area (Å²) in [4.78, 5) is 13.1. The summed E-state index contributed by atoms with van der Waals surface area (Å²) in [5, 5.41) is 11.7. The Morgan fingerprint density at radius 2 is 1.77 bits per heavy atom. The third-order valence-electron chi connectivity index (χ3n) is 5.74. The van der Waals surface area contributed by atoms with Crippen molar-refractivity contribution in [3.63, 3.8) is 0 Å². The Kier molecular flexibility index (Phi) is 5.66. The topological polar surface area (TPSA) is 93.9 Å². The highest BCUT2D eigenvalue weighted by Gasteiger charge is 2.18. The van der Waals surface area contributed by atoms with Gasteiger partial charge in [0.1, 0.15) is 5.82 Å². The van der Waals surface area contributed by atoms with Crippen LogP contribution in [0.15, 0.2) is 41.3 Å². The molecular formula is C23H26N4O3S. The van der Waals surface area contributed by atoms with E-state index in [0.717, 1.165) is 54.8 Å². The lowest BCUT2D eigenvalue weighted by molar-refractivity contribution is 0.102. The highest BCUT2D eigenvalue weighted by atomic mass is 32.2. The second kappa shape index (κ2) is 8.26. The van der Waals surface area contributed by atoms with E-state index < -0.39 is 9.84 Å². The van der Waals surface area contributed by atoms with Crippen LogP contribution >= 0.6 is 0 Å². The number of anilines is 1. The van der Waals surface area contributed by atoms with Crippen LogP contribution in [-0.2, 0) is 22.8 Å². The van der Waals surface area contributed by atoms with Gasteiger partial charge in [-0.1, -0.05) is 24.6 Å². The number of amides is 1. The van der Waals surface area contributed by atoms with E-state index in [1.54, 1.807) is 13.0 Å². The molecule has 1 aliphatic rings. The van der Waals surface area contributed by atoms with Crippen molar-refractivity contribution in [1.82, 2.24) is 14.8 Å². The van der Waals surface area contributed by atoms with Crippen molar-refractivity contribution < 1.29 is 13.2 Å². The molecule has 0 saturated heterocycles. The molecule has 7 nitrogen and oxygen atoms in total. The third kappa shape index (κ3) is 4.39. The first-order valence-corrected chi connectivity index (χ1v) is 12.3. The summed E-state index contributed by atoms with van der Waals surface area (Å²) in [6.45, 7) is 4.60. The molecule has 162 valence electrons. The molecule has 2 heterocycles. The average molecular weight is 439 g/mol. The molecule has 8 heteroatoms. The lowest BCUT2D eigenvalue weighted by Crippen LogP contribution is -2.15. The van der Waals surface area contributed by atoms with Crippen LogP contribution in [0.25, 0.3) is 11.4 Å². The highest BCUT2D eigenvalue weighted by molar-refractivity contribution is 7.90. The van der Waals surface area contributed by atoms with Crippen molar-refractivity contribution in [3.8, 4) is 11.4 Å². The van der Waals surface area contributed by atoms with Gasteiger partial charge in [0.2, 0.25) is 0 Å². The summed E-state index contributed by atoms with van der Waals surface area (Å²) in [7, 11) is -3.40. The van der Waals surface area contributed by atoms with Gasteiger partial charge in [-0.05, 0) is 56.0 Å². The van der Waals surface area contributed by atoms with Gasteiger partial charge in [0, 0.05) is 36.0 Å². The molecule has 31 heavy (non-hydrogen) atoms. The molecule has 0 spiro atoms. The first-order chi connectivity index (χ1) is 14.7. The van der Waals surface area contributed by atoms with Gasteiger partial charge in [0.25, 0.3) is 5.91 Å². The number of nitrogens with zero attached hydrogens (tertiary/aromatic N) is 3. The number of hydrogen-bond acceptors (Lipinski definition) is 5. The van der Waals surface area contributed by atoms with Gasteiger partial charge in [-0.25, -0.2) is 8.42 Å². The van der Waals surface area contributed by atoms with E-state index in [4.69, 9.17) is 0 Å². The summed E-state index contributed by atoms with van der Waals surface area (Å²) >= 11 is 0. The second-order valence-electron chi connectivity index (χ2n) is 8.13. The van der Waals surface area contributed by atoms with E-state index in [0.29, 0.717) is 16.8 Å². The van der Waals surface area contributed by atoms with Crippen LogP contribution in [0.5, 0.6) is 0 Å². The zero-order chi connectivity index (χ0) is 22.2. The molecule has 2 aromatic carbocycles. The van der Waals surface area contributed by atoms with Crippen LogP contribution in [0.1, 0.15) is 46.6 Å². The molecule has 4 rings (SSSR count). The first-order valence-electron chi connectivity index (χ1n) is 10.4. The Labute approximate surface area is 182 Å². The van der Waals surface area contributed by atoms with Gasteiger partial charge in [0.15, 0.2) is 15.7 Å². The molecule has 1 aromatic heterocycles. The molecule has 0 atom stereocenters. The fourth-order valence-corrected chi connectivity index (χ4v) is 4.51. The summed E-state index contributed by atoms with van der Waals surface area (Å²) in [5.74, 6) is 1.47. The molecule has 0 aliphatic carbocycles. The molecule has 0 radical (unpaired) electrons. The molecule has 0 saturated carbocycles. The normalized spacial score (nSPS) is 14.0. The number of carbonyl (C=O) groups excluding carboxylic acids is 1. The third-order valence-corrected chi connectivity index (χ3v) is 6.85. The lowest BCUT2D eigenvalue weighted by Gasteiger charge is -2.13. The van der Waals surface area contributed by atoms with E-state index >= 15 is 0 Å². The maximum Gasteiger partial charge on any atom is 0.255 e. The fourth-order valence-electron chi connectivity index (χ4n) is 3.86. The number of benzene rings is 2. The standard InChI is InChI=1S/C23H26N4O3S/c1-15-9-11-18(31(3,29)30)14-19(15)23(28)24-20-13-17(10-8-16(20)2)22-26-25-21-7-5-4-6-12-27(21)22/h8-11,13-14H,4-7,12H2,1-3H3,(H,24,28). The zero-order valence-corrected chi connectivity index (χ0v) is 18.8. The number of aromatic nitrogens is 3. The highest BCUT2D eigenvalue weighted by Crippen LogP contribution is 2.27. The molecule has 0 fully saturated rings. The van der Waals surface area contributed by atoms with Crippen LogP contribution in [0.2, 0.25) is 0 Å². The van der Waals surface area contributed by atoms with Gasteiger partial charge >= 0.3 is 0 Å². The first kappa shape index (κ1) is 21.2. The molecule has 1 aliphatic heterocycles. The summed E-state index contributed by atoms with van der Waals surface area (Å²) in [6, 6.07) is 10.4. The molecule has 1 amide bonds. The van der Waals surface area contributed by atoms with Crippen LogP contribution in [0.4, 0.5) is 5.69 Å². The monoisotopic (exact) mass is 438 g/mol. The van der Waals surface area contributed by atoms with Crippen molar-refractivity contribution in [3.05, 3.63) is 58.9 Å². The quantitative estimate of drug-likeness (QED) is 0.666. The van der Waals surface area contributed by atoms with Gasteiger partial charge in [-0.15, -0.1) is 10.2 Å². The Morgan fingerprint density at radius 1 is 1.00 bits per heavy atom. The van der Waals surface area contributed by atoms with E-state index in [9.17, 15) is 13.2 Å². The van der Waals surface area contributed by atoms with Crippen LogP contribution in [0.3, 0.4) is 0 Å². The minimum Gasteiger partial charge on any atom is -0.322 e. The molecule has 1 N–H and O–H groups in total. The summed E-state index contributed by atoms with van der Waals surface area (Å²) in [6.07, 6.45) is 5.47. The average Bonchev–Trinajstić information content (AvgIpc) is 2.97. The van der Waals surface area contributed by atoms with Crippen molar-refractivity contribution in [1.29, 1.82) is 0 Å². The van der Waals surface area contributed by atoms with E-state index in [-0.39, 0.29) is 10.8 Å². The van der Waals surface area contributed by atoms with E-state index in [1.165, 1.54) is 18.6 Å².